The number of benzene rings is 1. The number of piperazine rings is 1. The van der Waals surface area contributed by atoms with Crippen LogP contribution in [0.3, 0.4) is 0 Å². The standard InChI is InChI=1S/C16H21ClN4O3/c1-11(2)18-14(22)9-20-7-8-21(10-15(20)23)16(24)19-13-5-3-12(17)4-6-13/h3-6,11H,7-10H2,1-2H3,(H,18,22)(H,19,24). The van der Waals surface area contributed by atoms with E-state index in [1.54, 1.807) is 24.3 Å². The van der Waals surface area contributed by atoms with Crippen molar-refractivity contribution in [3.8, 4) is 0 Å². The van der Waals surface area contributed by atoms with Crippen LogP contribution in [0.2, 0.25) is 5.02 Å². The van der Waals surface area contributed by atoms with Gasteiger partial charge in [0, 0.05) is 29.8 Å². The zero-order valence-corrected chi connectivity index (χ0v) is 14.5. The maximum absolute atomic E-state index is 12.2. The van der Waals surface area contributed by atoms with Crippen molar-refractivity contribution in [1.29, 1.82) is 0 Å². The van der Waals surface area contributed by atoms with Gasteiger partial charge in [-0.2, -0.15) is 0 Å². The van der Waals surface area contributed by atoms with Crippen molar-refractivity contribution in [3.63, 3.8) is 0 Å². The lowest BCUT2D eigenvalue weighted by atomic mass is 10.3. The van der Waals surface area contributed by atoms with Crippen molar-refractivity contribution in [2.75, 3.05) is 31.5 Å². The highest BCUT2D eigenvalue weighted by Crippen LogP contribution is 2.14. The number of hydrogen-bond donors (Lipinski definition) is 2. The molecule has 7 nitrogen and oxygen atoms in total. The minimum absolute atomic E-state index is 0.0175. The molecule has 1 aliphatic heterocycles. The molecule has 2 rings (SSSR count). The predicted octanol–water partition coefficient (Wildman–Crippen LogP) is 1.54. The van der Waals surface area contributed by atoms with E-state index in [0.717, 1.165) is 0 Å². The molecule has 1 aromatic carbocycles. The number of anilines is 1. The molecule has 1 aromatic rings. The summed E-state index contributed by atoms with van der Waals surface area (Å²) in [6, 6.07) is 6.40. The van der Waals surface area contributed by atoms with Crippen LogP contribution in [0.25, 0.3) is 0 Å². The van der Waals surface area contributed by atoms with Crippen molar-refractivity contribution >= 4 is 35.1 Å². The second-order valence-corrected chi connectivity index (χ2v) is 6.33. The minimum Gasteiger partial charge on any atom is -0.352 e. The molecule has 1 saturated heterocycles. The van der Waals surface area contributed by atoms with Gasteiger partial charge in [-0.15, -0.1) is 0 Å². The quantitative estimate of drug-likeness (QED) is 0.862. The summed E-state index contributed by atoms with van der Waals surface area (Å²) in [6.45, 7) is 4.40. The Morgan fingerprint density at radius 3 is 2.46 bits per heavy atom. The zero-order chi connectivity index (χ0) is 17.7. The Bertz CT molecular complexity index is 618. The van der Waals surface area contributed by atoms with E-state index in [2.05, 4.69) is 10.6 Å². The van der Waals surface area contributed by atoms with Gasteiger partial charge in [0.15, 0.2) is 0 Å². The number of carbonyl (C=O) groups excluding carboxylic acids is 3. The molecule has 0 radical (unpaired) electrons. The fourth-order valence-electron chi connectivity index (χ4n) is 2.33. The molecule has 0 aliphatic carbocycles. The maximum Gasteiger partial charge on any atom is 0.322 e. The number of amides is 4. The summed E-state index contributed by atoms with van der Waals surface area (Å²) in [6.07, 6.45) is 0. The van der Waals surface area contributed by atoms with Gasteiger partial charge in [0.1, 0.15) is 6.54 Å². The molecule has 0 atom stereocenters. The van der Waals surface area contributed by atoms with Crippen LogP contribution in [0.4, 0.5) is 10.5 Å². The zero-order valence-electron chi connectivity index (χ0n) is 13.7. The first-order valence-corrected chi connectivity index (χ1v) is 8.11. The van der Waals surface area contributed by atoms with Crippen LogP contribution in [-0.2, 0) is 9.59 Å². The highest BCUT2D eigenvalue weighted by Gasteiger charge is 2.28. The van der Waals surface area contributed by atoms with Gasteiger partial charge in [0.25, 0.3) is 0 Å². The van der Waals surface area contributed by atoms with Crippen molar-refractivity contribution in [2.45, 2.75) is 19.9 Å². The molecular formula is C16H21ClN4O3. The molecule has 24 heavy (non-hydrogen) atoms. The van der Waals surface area contributed by atoms with Gasteiger partial charge < -0.3 is 20.4 Å². The average molecular weight is 353 g/mol. The molecule has 130 valence electrons. The third-order valence-electron chi connectivity index (χ3n) is 3.49. The topological polar surface area (TPSA) is 81.8 Å². The van der Waals surface area contributed by atoms with Crippen molar-refractivity contribution in [3.05, 3.63) is 29.3 Å². The number of nitrogens with one attached hydrogen (secondary N) is 2. The molecule has 1 aliphatic rings. The first-order valence-electron chi connectivity index (χ1n) is 7.74. The van der Waals surface area contributed by atoms with E-state index in [1.165, 1.54) is 9.80 Å². The van der Waals surface area contributed by atoms with Crippen molar-refractivity contribution in [1.82, 2.24) is 15.1 Å². The second kappa shape index (κ2) is 8.01. The Morgan fingerprint density at radius 1 is 1.21 bits per heavy atom. The summed E-state index contributed by atoms with van der Waals surface area (Å²) in [5, 5.41) is 6.04. The molecule has 2 N–H and O–H groups in total. The van der Waals surface area contributed by atoms with Gasteiger partial charge >= 0.3 is 6.03 Å². The molecule has 8 heteroatoms. The predicted molar refractivity (Wildman–Crippen MR) is 91.9 cm³/mol. The third kappa shape index (κ3) is 5.13. The number of rotatable bonds is 4. The number of halogens is 1. The Labute approximate surface area is 145 Å². The Kier molecular flexibility index (Phi) is 6.03. The molecule has 1 fully saturated rings. The Morgan fingerprint density at radius 2 is 1.88 bits per heavy atom. The summed E-state index contributed by atoms with van der Waals surface area (Å²) >= 11 is 5.80. The molecule has 0 unspecified atom stereocenters. The van der Waals surface area contributed by atoms with Crippen LogP contribution in [0.1, 0.15) is 13.8 Å². The molecule has 0 saturated carbocycles. The van der Waals surface area contributed by atoms with Crippen LogP contribution in [0, 0.1) is 0 Å². The summed E-state index contributed by atoms with van der Waals surface area (Å²) < 4.78 is 0. The normalized spacial score (nSPS) is 14.8. The summed E-state index contributed by atoms with van der Waals surface area (Å²) in [5.74, 6) is -0.441. The molecule has 1 heterocycles. The van der Waals surface area contributed by atoms with Crippen LogP contribution in [0.5, 0.6) is 0 Å². The van der Waals surface area contributed by atoms with Crippen molar-refractivity contribution in [2.24, 2.45) is 0 Å². The largest absolute Gasteiger partial charge is 0.352 e. The van der Waals surface area contributed by atoms with Gasteiger partial charge in [-0.05, 0) is 38.1 Å². The highest BCUT2D eigenvalue weighted by atomic mass is 35.5. The van der Waals surface area contributed by atoms with Crippen molar-refractivity contribution < 1.29 is 14.4 Å². The number of nitrogens with zero attached hydrogens (tertiary/aromatic N) is 2. The minimum atomic E-state index is -0.350. The molecule has 0 spiro atoms. The van der Waals surface area contributed by atoms with E-state index < -0.39 is 0 Å². The first kappa shape index (κ1) is 18.1. The van der Waals surface area contributed by atoms with Gasteiger partial charge in [-0.1, -0.05) is 11.6 Å². The van der Waals surface area contributed by atoms with E-state index in [-0.39, 0.29) is 37.0 Å². The van der Waals surface area contributed by atoms with Gasteiger partial charge in [0.05, 0.1) is 6.54 Å². The Hall–Kier alpha value is -2.28. The van der Waals surface area contributed by atoms with E-state index in [9.17, 15) is 14.4 Å². The molecule has 0 aromatic heterocycles. The third-order valence-corrected chi connectivity index (χ3v) is 3.74. The summed E-state index contributed by atoms with van der Waals surface area (Å²) in [5.41, 5.74) is 0.607. The van der Waals surface area contributed by atoms with E-state index >= 15 is 0 Å². The van der Waals surface area contributed by atoms with Crippen LogP contribution in [0.15, 0.2) is 24.3 Å². The van der Waals surface area contributed by atoms with Gasteiger partial charge in [-0.3, -0.25) is 9.59 Å². The van der Waals surface area contributed by atoms with Crippen LogP contribution >= 0.6 is 11.6 Å². The Balaban J connectivity index is 1.85. The fraction of sp³-hybridized carbons (Fsp3) is 0.438. The van der Waals surface area contributed by atoms with Crippen LogP contribution in [-0.4, -0.2) is 59.9 Å². The second-order valence-electron chi connectivity index (χ2n) is 5.90. The van der Waals surface area contributed by atoms with Gasteiger partial charge in [-0.25, -0.2) is 4.79 Å². The number of hydrogen-bond acceptors (Lipinski definition) is 3. The monoisotopic (exact) mass is 352 g/mol. The summed E-state index contributed by atoms with van der Waals surface area (Å²) in [4.78, 5) is 39.0. The van der Waals surface area contributed by atoms with Crippen LogP contribution < -0.4 is 10.6 Å². The number of urea groups is 1. The maximum atomic E-state index is 12.2. The van der Waals surface area contributed by atoms with E-state index in [0.29, 0.717) is 23.8 Å². The van der Waals surface area contributed by atoms with E-state index in [1.807, 2.05) is 13.8 Å². The lowest BCUT2D eigenvalue weighted by molar-refractivity contribution is -0.139. The van der Waals surface area contributed by atoms with Gasteiger partial charge in [0.2, 0.25) is 11.8 Å². The fourth-order valence-corrected chi connectivity index (χ4v) is 2.45. The summed E-state index contributed by atoms with van der Waals surface area (Å²) in [7, 11) is 0. The lowest BCUT2D eigenvalue weighted by Crippen LogP contribution is -2.55. The lowest BCUT2D eigenvalue weighted by Gasteiger charge is -2.34. The smallest absolute Gasteiger partial charge is 0.322 e. The highest BCUT2D eigenvalue weighted by molar-refractivity contribution is 6.30. The van der Waals surface area contributed by atoms with E-state index in [4.69, 9.17) is 11.6 Å². The molecule has 4 amide bonds. The SMILES string of the molecule is CC(C)NC(=O)CN1CCN(C(=O)Nc2ccc(Cl)cc2)CC1=O. The molecule has 0 bridgehead atoms. The number of carbonyl (C=O) groups is 3. The molecular weight excluding hydrogens is 332 g/mol. The first-order chi connectivity index (χ1) is 11.3. The average Bonchev–Trinajstić information content (AvgIpc) is 2.50.